The molecule has 1 N–H and O–H groups in total. The number of rotatable bonds is 3. The zero-order valence-corrected chi connectivity index (χ0v) is 13.8. The zero-order valence-electron chi connectivity index (χ0n) is 13.0. The summed E-state index contributed by atoms with van der Waals surface area (Å²) in [6.07, 6.45) is 9.60. The number of anilines is 1. The van der Waals surface area contributed by atoms with Crippen molar-refractivity contribution < 1.29 is 4.79 Å². The number of thiazole rings is 1. The Labute approximate surface area is 139 Å². The van der Waals surface area contributed by atoms with E-state index in [1.54, 1.807) is 11.3 Å². The molecule has 0 aliphatic carbocycles. The summed E-state index contributed by atoms with van der Waals surface area (Å²) in [7, 11) is 0. The van der Waals surface area contributed by atoms with Crippen LogP contribution in [-0.4, -0.2) is 39.6 Å². The number of amides is 1. The molecule has 2 aromatic rings. The number of aryl methyl sites for hydroxylation is 1. The van der Waals surface area contributed by atoms with Crippen molar-refractivity contribution >= 4 is 22.4 Å². The van der Waals surface area contributed by atoms with Gasteiger partial charge in [-0.25, -0.2) is 9.97 Å². The average molecular weight is 331 g/mol. The van der Waals surface area contributed by atoms with Gasteiger partial charge in [-0.1, -0.05) is 0 Å². The van der Waals surface area contributed by atoms with Crippen LogP contribution in [0, 0.1) is 5.92 Å². The monoisotopic (exact) mass is 331 g/mol. The van der Waals surface area contributed by atoms with E-state index in [0.29, 0.717) is 0 Å². The molecule has 0 saturated carbocycles. The Hall–Kier alpha value is -1.89. The van der Waals surface area contributed by atoms with Gasteiger partial charge < -0.3 is 14.8 Å². The van der Waals surface area contributed by atoms with E-state index in [1.165, 1.54) is 0 Å². The van der Waals surface area contributed by atoms with Crippen LogP contribution in [0.3, 0.4) is 0 Å². The lowest BCUT2D eigenvalue weighted by atomic mass is 9.96. The molecule has 0 radical (unpaired) electrons. The number of hydrogen-bond acceptors (Lipinski definition) is 5. The minimum atomic E-state index is 0.0665. The van der Waals surface area contributed by atoms with Crippen molar-refractivity contribution in [3.8, 4) is 0 Å². The molecule has 6 nitrogen and oxygen atoms in total. The van der Waals surface area contributed by atoms with Crippen molar-refractivity contribution in [2.75, 3.05) is 18.0 Å². The topological polar surface area (TPSA) is 63.1 Å². The van der Waals surface area contributed by atoms with Gasteiger partial charge >= 0.3 is 0 Å². The maximum Gasteiger partial charge on any atom is 0.225 e. The van der Waals surface area contributed by atoms with E-state index in [1.807, 2.05) is 24.0 Å². The number of carbonyl (C=O) groups is 1. The van der Waals surface area contributed by atoms with Crippen LogP contribution >= 0.6 is 11.3 Å². The fourth-order valence-electron chi connectivity index (χ4n) is 3.54. The molecule has 2 atom stereocenters. The van der Waals surface area contributed by atoms with Crippen LogP contribution in [0.1, 0.15) is 25.1 Å². The van der Waals surface area contributed by atoms with Gasteiger partial charge in [0, 0.05) is 56.1 Å². The average Bonchev–Trinajstić information content (AvgIpc) is 3.26. The molecule has 2 aliphatic heterocycles. The van der Waals surface area contributed by atoms with Crippen LogP contribution in [0.25, 0.3) is 0 Å². The summed E-state index contributed by atoms with van der Waals surface area (Å²) in [4.78, 5) is 23.6. The van der Waals surface area contributed by atoms with Crippen molar-refractivity contribution in [3.63, 3.8) is 0 Å². The summed E-state index contributed by atoms with van der Waals surface area (Å²) < 4.78 is 2.15. The summed E-state index contributed by atoms with van der Waals surface area (Å²) >= 11 is 1.64. The zero-order chi connectivity index (χ0) is 15.6. The number of imidazole rings is 1. The second kappa shape index (κ2) is 6.31. The summed E-state index contributed by atoms with van der Waals surface area (Å²) in [5, 5.41) is 6.27. The predicted molar refractivity (Wildman–Crippen MR) is 89.5 cm³/mol. The molecular weight excluding hydrogens is 310 g/mol. The molecule has 1 saturated heterocycles. The highest BCUT2D eigenvalue weighted by Gasteiger charge is 2.29. The number of hydrogen-bond donors (Lipinski definition) is 1. The number of aromatic nitrogens is 3. The van der Waals surface area contributed by atoms with E-state index in [9.17, 15) is 4.79 Å². The summed E-state index contributed by atoms with van der Waals surface area (Å²) in [5.41, 5.74) is 0. The minimum Gasteiger partial charge on any atom is -0.351 e. The Morgan fingerprint density at radius 1 is 1.26 bits per heavy atom. The molecule has 2 unspecified atom stereocenters. The normalized spacial score (nSPS) is 24.3. The molecule has 1 fully saturated rings. The second-order valence-corrected chi connectivity index (χ2v) is 7.21. The number of piperidine rings is 1. The van der Waals surface area contributed by atoms with E-state index >= 15 is 0 Å². The Bertz CT molecular complexity index is 668. The highest BCUT2D eigenvalue weighted by molar-refractivity contribution is 7.13. The third kappa shape index (κ3) is 3.10. The van der Waals surface area contributed by atoms with E-state index < -0.39 is 0 Å². The molecule has 0 aromatic carbocycles. The smallest absolute Gasteiger partial charge is 0.225 e. The molecule has 122 valence electrons. The SMILES string of the molecule is O=C(NC1CCc2nccn2C1)C1CCCN(c2nccs2)C1. The lowest BCUT2D eigenvalue weighted by Crippen LogP contribution is -2.48. The molecule has 1 amide bonds. The van der Waals surface area contributed by atoms with Gasteiger partial charge in [0.15, 0.2) is 5.13 Å². The number of nitrogens with zero attached hydrogens (tertiary/aromatic N) is 4. The standard InChI is InChI=1S/C16H21N5OS/c22-15(19-13-3-4-14-17-5-8-20(14)11-13)12-2-1-7-21(10-12)16-18-6-9-23-16/h5-6,8-9,12-13H,1-4,7,10-11H2,(H,19,22). The third-order valence-electron chi connectivity index (χ3n) is 4.76. The van der Waals surface area contributed by atoms with Crippen molar-refractivity contribution in [3.05, 3.63) is 29.8 Å². The summed E-state index contributed by atoms with van der Waals surface area (Å²) in [6, 6.07) is 0.222. The first-order chi connectivity index (χ1) is 11.3. The fourth-order valence-corrected chi connectivity index (χ4v) is 4.22. The number of fused-ring (bicyclic) bond motifs is 1. The van der Waals surface area contributed by atoms with Crippen LogP contribution in [0.15, 0.2) is 24.0 Å². The first-order valence-electron chi connectivity index (χ1n) is 8.24. The minimum absolute atomic E-state index is 0.0665. The first-order valence-corrected chi connectivity index (χ1v) is 9.12. The van der Waals surface area contributed by atoms with Crippen LogP contribution in [0.4, 0.5) is 5.13 Å². The molecule has 0 spiro atoms. The molecular formula is C16H21N5OS. The maximum atomic E-state index is 12.7. The Balaban J connectivity index is 1.36. The first kappa shape index (κ1) is 14.7. The van der Waals surface area contributed by atoms with E-state index in [2.05, 4.69) is 24.8 Å². The van der Waals surface area contributed by atoms with Crippen molar-refractivity contribution in [1.29, 1.82) is 0 Å². The summed E-state index contributed by atoms with van der Waals surface area (Å²) in [6.45, 7) is 2.62. The van der Waals surface area contributed by atoms with E-state index in [4.69, 9.17) is 0 Å². The predicted octanol–water partition coefficient (Wildman–Crippen LogP) is 1.69. The van der Waals surface area contributed by atoms with E-state index in [0.717, 1.165) is 56.3 Å². The quantitative estimate of drug-likeness (QED) is 0.930. The van der Waals surface area contributed by atoms with Gasteiger partial charge in [0.2, 0.25) is 5.91 Å². The van der Waals surface area contributed by atoms with Gasteiger partial charge in [-0.3, -0.25) is 4.79 Å². The van der Waals surface area contributed by atoms with Gasteiger partial charge in [-0.15, -0.1) is 11.3 Å². The van der Waals surface area contributed by atoms with Gasteiger partial charge in [-0.2, -0.15) is 0 Å². The highest BCUT2D eigenvalue weighted by Crippen LogP contribution is 2.25. The Morgan fingerprint density at radius 2 is 2.22 bits per heavy atom. The largest absolute Gasteiger partial charge is 0.351 e. The van der Waals surface area contributed by atoms with E-state index in [-0.39, 0.29) is 17.9 Å². The van der Waals surface area contributed by atoms with Crippen LogP contribution in [0.5, 0.6) is 0 Å². The molecule has 4 heterocycles. The Morgan fingerprint density at radius 3 is 3.09 bits per heavy atom. The second-order valence-electron chi connectivity index (χ2n) is 6.34. The lowest BCUT2D eigenvalue weighted by Gasteiger charge is -2.33. The van der Waals surface area contributed by atoms with Crippen LogP contribution in [-0.2, 0) is 17.8 Å². The van der Waals surface area contributed by atoms with Gasteiger partial charge in [0.25, 0.3) is 0 Å². The Kier molecular flexibility index (Phi) is 4.03. The van der Waals surface area contributed by atoms with Crippen LogP contribution in [0.2, 0.25) is 0 Å². The number of nitrogens with one attached hydrogen (secondary N) is 1. The molecule has 2 aliphatic rings. The van der Waals surface area contributed by atoms with Crippen LogP contribution < -0.4 is 10.2 Å². The molecule has 2 aromatic heterocycles. The maximum absolute atomic E-state index is 12.7. The van der Waals surface area contributed by atoms with Gasteiger partial charge in [-0.05, 0) is 19.3 Å². The van der Waals surface area contributed by atoms with Crippen molar-refractivity contribution in [2.24, 2.45) is 5.92 Å². The molecule has 23 heavy (non-hydrogen) atoms. The molecule has 0 bridgehead atoms. The van der Waals surface area contributed by atoms with Gasteiger partial charge in [0.05, 0.1) is 5.92 Å². The van der Waals surface area contributed by atoms with Crippen molar-refractivity contribution in [2.45, 2.75) is 38.3 Å². The lowest BCUT2D eigenvalue weighted by molar-refractivity contribution is -0.126. The molecule has 7 heteroatoms. The fraction of sp³-hybridized carbons (Fsp3) is 0.562. The highest BCUT2D eigenvalue weighted by atomic mass is 32.1. The van der Waals surface area contributed by atoms with Gasteiger partial charge in [0.1, 0.15) is 5.82 Å². The van der Waals surface area contributed by atoms with Crippen molar-refractivity contribution in [1.82, 2.24) is 19.9 Å². The number of carbonyl (C=O) groups excluding carboxylic acids is 1. The summed E-state index contributed by atoms with van der Waals surface area (Å²) in [5.74, 6) is 1.39. The molecule has 4 rings (SSSR count). The third-order valence-corrected chi connectivity index (χ3v) is 5.60.